The highest BCUT2D eigenvalue weighted by molar-refractivity contribution is 7.91. The number of rotatable bonds is 4. The molecule has 24 heavy (non-hydrogen) atoms. The van der Waals surface area contributed by atoms with Crippen LogP contribution in [0.3, 0.4) is 0 Å². The van der Waals surface area contributed by atoms with Gasteiger partial charge in [-0.05, 0) is 55.6 Å². The maximum Gasteiger partial charge on any atom is 0.223 e. The molecule has 0 bridgehead atoms. The number of benzene rings is 1. The first-order valence-corrected chi connectivity index (χ1v) is 10.9. The van der Waals surface area contributed by atoms with Crippen LogP contribution in [0, 0.1) is 5.92 Å². The Balaban J connectivity index is 1.54. The topological polar surface area (TPSA) is 54.5 Å². The number of nitrogens with zero attached hydrogens (tertiary/aromatic N) is 1. The molecule has 0 aromatic heterocycles. The Hall–Kier alpha value is -1.36. The van der Waals surface area contributed by atoms with Crippen LogP contribution in [-0.2, 0) is 21.1 Å². The minimum atomic E-state index is -2.92. The van der Waals surface area contributed by atoms with E-state index >= 15 is 0 Å². The molecule has 1 amide bonds. The molecule has 2 aliphatic carbocycles. The molecule has 4 rings (SSSR count). The largest absolute Gasteiger partial charge is 0.333 e. The first-order valence-electron chi connectivity index (χ1n) is 9.13. The lowest BCUT2D eigenvalue weighted by Crippen LogP contribution is -2.39. The van der Waals surface area contributed by atoms with Crippen molar-refractivity contribution in [1.82, 2.24) is 4.90 Å². The van der Waals surface area contributed by atoms with Crippen molar-refractivity contribution >= 4 is 15.7 Å². The lowest BCUT2D eigenvalue weighted by Gasteiger charge is -2.37. The average molecular weight is 347 g/mol. The third-order valence-corrected chi connectivity index (χ3v) is 7.53. The maximum atomic E-state index is 13.0. The van der Waals surface area contributed by atoms with Gasteiger partial charge in [0.15, 0.2) is 9.84 Å². The van der Waals surface area contributed by atoms with Gasteiger partial charge in [-0.1, -0.05) is 24.3 Å². The molecule has 0 spiro atoms. The van der Waals surface area contributed by atoms with Gasteiger partial charge >= 0.3 is 0 Å². The Bertz CT molecular complexity index is 739. The van der Waals surface area contributed by atoms with Gasteiger partial charge in [0, 0.05) is 12.5 Å². The molecule has 2 atom stereocenters. The zero-order chi connectivity index (χ0) is 16.7. The molecule has 1 saturated carbocycles. The van der Waals surface area contributed by atoms with E-state index in [1.54, 1.807) is 0 Å². The van der Waals surface area contributed by atoms with E-state index in [0.717, 1.165) is 32.1 Å². The Labute approximate surface area is 144 Å². The Morgan fingerprint density at radius 1 is 1.12 bits per heavy atom. The van der Waals surface area contributed by atoms with Crippen LogP contribution in [-0.4, -0.2) is 36.8 Å². The Kier molecular flexibility index (Phi) is 4.15. The first kappa shape index (κ1) is 16.1. The SMILES string of the molecule is O=C(CC1CCS(=O)(=O)C1)N(C1CC1)C1CCCc2ccccc21. The predicted molar refractivity (Wildman–Crippen MR) is 93.4 cm³/mol. The van der Waals surface area contributed by atoms with Gasteiger partial charge < -0.3 is 4.90 Å². The van der Waals surface area contributed by atoms with E-state index in [9.17, 15) is 13.2 Å². The molecular formula is C19H25NO3S. The highest BCUT2D eigenvalue weighted by Gasteiger charge is 2.40. The highest BCUT2D eigenvalue weighted by Crippen LogP contribution is 2.41. The molecule has 5 heteroatoms. The van der Waals surface area contributed by atoms with Crippen LogP contribution >= 0.6 is 0 Å². The number of hydrogen-bond donors (Lipinski definition) is 0. The fourth-order valence-electron chi connectivity index (χ4n) is 4.39. The van der Waals surface area contributed by atoms with Crippen LogP contribution in [0.2, 0.25) is 0 Å². The second-order valence-electron chi connectivity index (χ2n) is 7.61. The molecule has 1 aromatic rings. The second kappa shape index (κ2) is 6.17. The van der Waals surface area contributed by atoms with Gasteiger partial charge in [-0.2, -0.15) is 0 Å². The maximum absolute atomic E-state index is 13.0. The van der Waals surface area contributed by atoms with Crippen molar-refractivity contribution in [2.45, 2.75) is 57.0 Å². The molecule has 1 saturated heterocycles. The van der Waals surface area contributed by atoms with Gasteiger partial charge in [-0.15, -0.1) is 0 Å². The second-order valence-corrected chi connectivity index (χ2v) is 9.84. The molecule has 0 N–H and O–H groups in total. The van der Waals surface area contributed by atoms with E-state index in [1.165, 1.54) is 11.1 Å². The zero-order valence-corrected chi connectivity index (χ0v) is 14.8. The summed E-state index contributed by atoms with van der Waals surface area (Å²) >= 11 is 0. The van der Waals surface area contributed by atoms with Crippen molar-refractivity contribution in [1.29, 1.82) is 0 Å². The zero-order valence-electron chi connectivity index (χ0n) is 14.0. The van der Waals surface area contributed by atoms with Gasteiger partial charge in [0.25, 0.3) is 0 Å². The first-order chi connectivity index (χ1) is 11.5. The fourth-order valence-corrected chi connectivity index (χ4v) is 6.25. The van der Waals surface area contributed by atoms with E-state index in [-0.39, 0.29) is 29.4 Å². The molecule has 2 fully saturated rings. The van der Waals surface area contributed by atoms with Gasteiger partial charge in [0.1, 0.15) is 0 Å². The molecule has 3 aliphatic rings. The van der Waals surface area contributed by atoms with Crippen LogP contribution in [0.5, 0.6) is 0 Å². The van der Waals surface area contributed by atoms with Crippen LogP contribution in [0.1, 0.15) is 55.7 Å². The molecule has 4 nitrogen and oxygen atoms in total. The predicted octanol–water partition coefficient (Wildman–Crippen LogP) is 2.88. The summed E-state index contributed by atoms with van der Waals surface area (Å²) in [5.74, 6) is 0.628. The lowest BCUT2D eigenvalue weighted by atomic mass is 9.86. The summed E-state index contributed by atoms with van der Waals surface area (Å²) in [4.78, 5) is 15.1. The summed E-state index contributed by atoms with van der Waals surface area (Å²) in [5.41, 5.74) is 2.68. The number of sulfone groups is 1. The van der Waals surface area contributed by atoms with E-state index in [0.29, 0.717) is 18.9 Å². The van der Waals surface area contributed by atoms with Crippen LogP contribution in [0.4, 0.5) is 0 Å². The third kappa shape index (κ3) is 3.23. The summed E-state index contributed by atoms with van der Waals surface area (Å²) in [7, 11) is -2.92. The molecule has 1 heterocycles. The molecule has 130 valence electrons. The number of carbonyl (C=O) groups is 1. The van der Waals surface area contributed by atoms with E-state index in [2.05, 4.69) is 29.2 Å². The third-order valence-electron chi connectivity index (χ3n) is 5.69. The fraction of sp³-hybridized carbons (Fsp3) is 0.632. The summed E-state index contributed by atoms with van der Waals surface area (Å²) in [6.45, 7) is 0. The smallest absolute Gasteiger partial charge is 0.223 e. The van der Waals surface area contributed by atoms with E-state index in [4.69, 9.17) is 0 Å². The van der Waals surface area contributed by atoms with E-state index in [1.807, 2.05) is 0 Å². The Morgan fingerprint density at radius 2 is 1.92 bits per heavy atom. The summed E-state index contributed by atoms with van der Waals surface area (Å²) in [6, 6.07) is 9.05. The number of amides is 1. The summed E-state index contributed by atoms with van der Waals surface area (Å²) in [5, 5.41) is 0. The van der Waals surface area contributed by atoms with Crippen LogP contribution in [0.25, 0.3) is 0 Å². The number of aryl methyl sites for hydroxylation is 1. The number of fused-ring (bicyclic) bond motifs is 1. The van der Waals surface area contributed by atoms with Gasteiger partial charge in [0.2, 0.25) is 5.91 Å². The lowest BCUT2D eigenvalue weighted by molar-refractivity contribution is -0.135. The quantitative estimate of drug-likeness (QED) is 0.841. The summed E-state index contributed by atoms with van der Waals surface area (Å²) in [6.07, 6.45) is 6.47. The van der Waals surface area contributed by atoms with Crippen LogP contribution < -0.4 is 0 Å². The molecule has 1 aliphatic heterocycles. The minimum absolute atomic E-state index is 0.0163. The summed E-state index contributed by atoms with van der Waals surface area (Å²) < 4.78 is 23.4. The standard InChI is InChI=1S/C19H25NO3S/c21-19(12-14-10-11-24(22,23)13-14)20(16-8-9-16)18-7-3-5-15-4-1-2-6-17(15)18/h1-2,4,6,14,16,18H,3,5,7-13H2. The molecule has 0 radical (unpaired) electrons. The van der Waals surface area contributed by atoms with E-state index < -0.39 is 9.84 Å². The van der Waals surface area contributed by atoms with Crippen molar-refractivity contribution in [3.8, 4) is 0 Å². The molecular weight excluding hydrogens is 322 g/mol. The number of carbonyl (C=O) groups excluding carboxylic acids is 1. The average Bonchev–Trinajstić information content (AvgIpc) is 3.32. The highest BCUT2D eigenvalue weighted by atomic mass is 32.2. The van der Waals surface area contributed by atoms with Gasteiger partial charge in [-0.3, -0.25) is 4.79 Å². The minimum Gasteiger partial charge on any atom is -0.333 e. The van der Waals surface area contributed by atoms with Crippen molar-refractivity contribution in [3.63, 3.8) is 0 Å². The molecule has 2 unspecified atom stereocenters. The Morgan fingerprint density at radius 3 is 2.62 bits per heavy atom. The van der Waals surface area contributed by atoms with Crippen molar-refractivity contribution in [2.75, 3.05) is 11.5 Å². The molecule has 1 aromatic carbocycles. The van der Waals surface area contributed by atoms with Crippen molar-refractivity contribution in [3.05, 3.63) is 35.4 Å². The normalized spacial score (nSPS) is 28.3. The number of hydrogen-bond acceptors (Lipinski definition) is 3. The van der Waals surface area contributed by atoms with Crippen molar-refractivity contribution < 1.29 is 13.2 Å². The van der Waals surface area contributed by atoms with Crippen molar-refractivity contribution in [2.24, 2.45) is 5.92 Å². The monoisotopic (exact) mass is 347 g/mol. The van der Waals surface area contributed by atoms with Gasteiger partial charge in [0.05, 0.1) is 17.5 Å². The van der Waals surface area contributed by atoms with Crippen LogP contribution in [0.15, 0.2) is 24.3 Å². The van der Waals surface area contributed by atoms with Gasteiger partial charge in [-0.25, -0.2) is 8.42 Å².